The molecule has 0 aliphatic rings. The molecule has 3 aromatic rings. The fraction of sp³-hybridized carbons (Fsp3) is 0.250. The van der Waals surface area contributed by atoms with E-state index in [2.05, 4.69) is 16.0 Å². The van der Waals surface area contributed by atoms with Gasteiger partial charge >= 0.3 is 6.09 Å². The second kappa shape index (κ2) is 12.9. The monoisotopic (exact) mass is 473 g/mol. The van der Waals surface area contributed by atoms with E-state index in [-0.39, 0.29) is 30.9 Å². The molecule has 0 radical (unpaired) electrons. The van der Waals surface area contributed by atoms with Crippen molar-refractivity contribution in [3.8, 4) is 0 Å². The van der Waals surface area contributed by atoms with E-state index in [4.69, 9.17) is 4.74 Å². The third-order valence-electron chi connectivity index (χ3n) is 5.29. The Balaban J connectivity index is 1.61. The topological polar surface area (TPSA) is 96.5 Å². The van der Waals surface area contributed by atoms with Gasteiger partial charge in [-0.15, -0.1) is 0 Å². The van der Waals surface area contributed by atoms with E-state index in [1.54, 1.807) is 6.07 Å². The van der Waals surface area contributed by atoms with Crippen molar-refractivity contribution in [3.63, 3.8) is 0 Å². The van der Waals surface area contributed by atoms with Crippen LogP contribution in [-0.2, 0) is 33.9 Å². The number of anilines is 1. The summed E-state index contributed by atoms with van der Waals surface area (Å²) in [6.45, 7) is 4.01. The lowest BCUT2D eigenvalue weighted by Gasteiger charge is -2.19. The summed E-state index contributed by atoms with van der Waals surface area (Å²) in [5.74, 6) is -0.542. The standard InChI is InChI=1S/C28H31N3O4/c1-20(2)26(32)30-24-15-9-14-23(16-24)18-29-27(33)25(17-21-10-5-3-6-11-21)31-28(34)35-19-22-12-7-4-8-13-22/h3-16,20,25H,17-19H2,1-2H3,(H,29,33)(H,30,32)(H,31,34). The number of alkyl carbamates (subject to hydrolysis) is 1. The summed E-state index contributed by atoms with van der Waals surface area (Å²) in [6.07, 6.45) is -0.347. The van der Waals surface area contributed by atoms with Gasteiger partial charge < -0.3 is 20.7 Å². The van der Waals surface area contributed by atoms with Gasteiger partial charge in [0.25, 0.3) is 0 Å². The molecule has 1 unspecified atom stereocenters. The molecule has 0 aliphatic carbocycles. The third kappa shape index (κ3) is 8.62. The number of hydrogen-bond donors (Lipinski definition) is 3. The number of carbonyl (C=O) groups excluding carboxylic acids is 3. The molecule has 0 aromatic heterocycles. The van der Waals surface area contributed by atoms with Crippen LogP contribution < -0.4 is 16.0 Å². The Morgan fingerprint density at radius 1 is 0.771 bits per heavy atom. The SMILES string of the molecule is CC(C)C(=O)Nc1cccc(CNC(=O)C(Cc2ccccc2)NC(=O)OCc2ccccc2)c1. The van der Waals surface area contributed by atoms with Crippen LogP contribution in [0.5, 0.6) is 0 Å². The lowest BCUT2D eigenvalue weighted by atomic mass is 10.1. The second-order valence-corrected chi connectivity index (χ2v) is 8.51. The zero-order valence-electron chi connectivity index (χ0n) is 20.0. The highest BCUT2D eigenvalue weighted by Gasteiger charge is 2.22. The molecular weight excluding hydrogens is 442 g/mol. The minimum Gasteiger partial charge on any atom is -0.445 e. The first kappa shape index (κ1) is 25.5. The van der Waals surface area contributed by atoms with Gasteiger partial charge in [0, 0.05) is 24.6 Å². The molecule has 3 amide bonds. The van der Waals surface area contributed by atoms with Gasteiger partial charge in [-0.25, -0.2) is 4.79 Å². The Morgan fingerprint density at radius 3 is 2.06 bits per heavy atom. The maximum absolute atomic E-state index is 13.0. The summed E-state index contributed by atoms with van der Waals surface area (Å²) in [6, 6.07) is 25.3. The maximum Gasteiger partial charge on any atom is 0.408 e. The van der Waals surface area contributed by atoms with Crippen LogP contribution in [0.1, 0.15) is 30.5 Å². The second-order valence-electron chi connectivity index (χ2n) is 8.51. The lowest BCUT2D eigenvalue weighted by molar-refractivity contribution is -0.123. The highest BCUT2D eigenvalue weighted by Crippen LogP contribution is 2.12. The number of amides is 3. The van der Waals surface area contributed by atoms with Crippen molar-refractivity contribution in [2.24, 2.45) is 5.92 Å². The summed E-state index contributed by atoms with van der Waals surface area (Å²) in [5.41, 5.74) is 3.26. The van der Waals surface area contributed by atoms with E-state index in [1.165, 1.54) is 0 Å². The molecule has 7 nitrogen and oxygen atoms in total. The highest BCUT2D eigenvalue weighted by atomic mass is 16.5. The van der Waals surface area contributed by atoms with E-state index in [9.17, 15) is 14.4 Å². The van der Waals surface area contributed by atoms with E-state index >= 15 is 0 Å². The molecule has 0 saturated heterocycles. The number of rotatable bonds is 10. The quantitative estimate of drug-likeness (QED) is 0.406. The van der Waals surface area contributed by atoms with Crippen molar-refractivity contribution in [1.82, 2.24) is 10.6 Å². The Morgan fingerprint density at radius 2 is 1.40 bits per heavy atom. The molecule has 0 spiro atoms. The van der Waals surface area contributed by atoms with E-state index in [0.29, 0.717) is 12.1 Å². The van der Waals surface area contributed by atoms with Gasteiger partial charge in [-0.1, -0.05) is 86.6 Å². The van der Waals surface area contributed by atoms with Gasteiger partial charge in [0.2, 0.25) is 11.8 Å². The van der Waals surface area contributed by atoms with Crippen LogP contribution in [0.25, 0.3) is 0 Å². The van der Waals surface area contributed by atoms with Crippen LogP contribution in [0.4, 0.5) is 10.5 Å². The number of carbonyl (C=O) groups is 3. The summed E-state index contributed by atoms with van der Waals surface area (Å²) < 4.78 is 5.31. The van der Waals surface area contributed by atoms with Gasteiger partial charge in [-0.3, -0.25) is 9.59 Å². The van der Waals surface area contributed by atoms with Crippen LogP contribution in [0.2, 0.25) is 0 Å². The molecule has 0 heterocycles. The van der Waals surface area contributed by atoms with Gasteiger partial charge in [0.1, 0.15) is 12.6 Å². The molecule has 182 valence electrons. The summed E-state index contributed by atoms with van der Waals surface area (Å²) in [4.78, 5) is 37.4. The summed E-state index contributed by atoms with van der Waals surface area (Å²) >= 11 is 0. The van der Waals surface area contributed by atoms with E-state index in [1.807, 2.05) is 92.7 Å². The Kier molecular flexibility index (Phi) is 9.42. The molecule has 3 N–H and O–H groups in total. The van der Waals surface area contributed by atoms with E-state index < -0.39 is 12.1 Å². The van der Waals surface area contributed by atoms with Gasteiger partial charge in [0.15, 0.2) is 0 Å². The van der Waals surface area contributed by atoms with Crippen molar-refractivity contribution in [2.45, 2.75) is 39.5 Å². The predicted molar refractivity (Wildman–Crippen MR) is 135 cm³/mol. The summed E-state index contributed by atoms with van der Waals surface area (Å²) in [7, 11) is 0. The third-order valence-corrected chi connectivity index (χ3v) is 5.29. The van der Waals surface area contributed by atoms with Crippen LogP contribution in [-0.4, -0.2) is 23.9 Å². The normalized spacial score (nSPS) is 11.4. The van der Waals surface area contributed by atoms with Crippen LogP contribution in [0.3, 0.4) is 0 Å². The first-order chi connectivity index (χ1) is 16.9. The average molecular weight is 474 g/mol. The van der Waals surface area contributed by atoms with Crippen molar-refractivity contribution in [3.05, 3.63) is 102 Å². The Bertz CT molecular complexity index is 1120. The smallest absolute Gasteiger partial charge is 0.408 e. The Hall–Kier alpha value is -4.13. The first-order valence-electron chi connectivity index (χ1n) is 11.6. The number of ether oxygens (including phenoxy) is 1. The molecule has 3 rings (SSSR count). The largest absolute Gasteiger partial charge is 0.445 e. The molecule has 0 saturated carbocycles. The number of hydrogen-bond acceptors (Lipinski definition) is 4. The van der Waals surface area contributed by atoms with Crippen LogP contribution >= 0.6 is 0 Å². The van der Waals surface area contributed by atoms with Gasteiger partial charge in [0.05, 0.1) is 0 Å². The first-order valence-corrected chi connectivity index (χ1v) is 11.6. The van der Waals surface area contributed by atoms with Crippen molar-refractivity contribution in [1.29, 1.82) is 0 Å². The van der Waals surface area contributed by atoms with Gasteiger partial charge in [-0.05, 0) is 28.8 Å². The van der Waals surface area contributed by atoms with Crippen molar-refractivity contribution < 1.29 is 19.1 Å². The predicted octanol–water partition coefficient (Wildman–Crippen LogP) is 4.44. The summed E-state index contributed by atoms with van der Waals surface area (Å²) in [5, 5.41) is 8.42. The molecule has 7 heteroatoms. The minimum atomic E-state index is -0.815. The fourth-order valence-electron chi connectivity index (χ4n) is 3.32. The zero-order chi connectivity index (χ0) is 25.0. The molecular formula is C28H31N3O4. The minimum absolute atomic E-state index is 0.0766. The maximum atomic E-state index is 13.0. The Labute approximate surface area is 205 Å². The number of benzene rings is 3. The number of nitrogens with one attached hydrogen (secondary N) is 3. The molecule has 3 aromatic carbocycles. The van der Waals surface area contributed by atoms with Crippen molar-refractivity contribution >= 4 is 23.6 Å². The zero-order valence-corrected chi connectivity index (χ0v) is 20.0. The highest BCUT2D eigenvalue weighted by molar-refractivity contribution is 5.92. The molecule has 0 aliphatic heterocycles. The molecule has 0 fully saturated rings. The van der Waals surface area contributed by atoms with Crippen LogP contribution in [0, 0.1) is 5.92 Å². The van der Waals surface area contributed by atoms with Crippen molar-refractivity contribution in [2.75, 3.05) is 5.32 Å². The average Bonchev–Trinajstić information content (AvgIpc) is 2.87. The van der Waals surface area contributed by atoms with E-state index in [0.717, 1.165) is 16.7 Å². The molecule has 1 atom stereocenters. The van der Waals surface area contributed by atoms with Gasteiger partial charge in [-0.2, -0.15) is 0 Å². The molecule has 0 bridgehead atoms. The lowest BCUT2D eigenvalue weighted by Crippen LogP contribution is -2.48. The fourth-order valence-corrected chi connectivity index (χ4v) is 3.32. The molecule has 35 heavy (non-hydrogen) atoms. The van der Waals surface area contributed by atoms with Crippen LogP contribution in [0.15, 0.2) is 84.9 Å².